The third-order valence-electron chi connectivity index (χ3n) is 3.46. The van der Waals surface area contributed by atoms with Crippen LogP contribution in [0, 0.1) is 13.8 Å². The number of nitrogens with two attached hydrogens (primary N) is 1. The zero-order chi connectivity index (χ0) is 15.3. The molecule has 0 heterocycles. The molecule has 0 saturated heterocycles. The maximum Gasteiger partial charge on any atom is 0.249 e. The summed E-state index contributed by atoms with van der Waals surface area (Å²) in [7, 11) is 0. The molecule has 0 aliphatic heterocycles. The molecule has 110 valence electrons. The van der Waals surface area contributed by atoms with E-state index in [1.54, 1.807) is 19.1 Å². The van der Waals surface area contributed by atoms with E-state index in [0.717, 1.165) is 18.7 Å². The van der Waals surface area contributed by atoms with Crippen molar-refractivity contribution in [2.75, 3.05) is 25.0 Å². The molecule has 5 heteroatoms. The molecule has 0 fully saturated rings. The van der Waals surface area contributed by atoms with Crippen LogP contribution in [-0.4, -0.2) is 36.3 Å². The van der Waals surface area contributed by atoms with Gasteiger partial charge in [-0.3, -0.25) is 14.5 Å². The van der Waals surface area contributed by atoms with Crippen LogP contribution in [0.3, 0.4) is 0 Å². The van der Waals surface area contributed by atoms with Crippen molar-refractivity contribution in [1.29, 1.82) is 0 Å². The number of primary amides is 1. The molecule has 5 nitrogen and oxygen atoms in total. The van der Waals surface area contributed by atoms with E-state index < -0.39 is 5.91 Å². The van der Waals surface area contributed by atoms with Crippen LogP contribution in [0.5, 0.6) is 0 Å². The zero-order valence-electron chi connectivity index (χ0n) is 12.6. The van der Waals surface area contributed by atoms with E-state index in [1.165, 1.54) is 0 Å². The second-order valence-corrected chi connectivity index (χ2v) is 4.80. The first kappa shape index (κ1) is 16.2. The molecule has 0 bridgehead atoms. The van der Waals surface area contributed by atoms with Crippen LogP contribution in [0.1, 0.15) is 35.3 Å². The Kier molecular flexibility index (Phi) is 5.70. The number of hydrogen-bond acceptors (Lipinski definition) is 3. The van der Waals surface area contributed by atoms with Crippen LogP contribution in [0.4, 0.5) is 5.69 Å². The number of aryl methyl sites for hydroxylation is 1. The molecule has 0 radical (unpaired) electrons. The lowest BCUT2D eigenvalue weighted by Crippen LogP contribution is -2.33. The predicted molar refractivity (Wildman–Crippen MR) is 80.9 cm³/mol. The molecule has 3 N–H and O–H groups in total. The van der Waals surface area contributed by atoms with Crippen LogP contribution in [0.25, 0.3) is 0 Å². The Morgan fingerprint density at radius 2 is 1.80 bits per heavy atom. The van der Waals surface area contributed by atoms with E-state index in [9.17, 15) is 9.59 Å². The van der Waals surface area contributed by atoms with Crippen molar-refractivity contribution >= 4 is 17.5 Å². The maximum absolute atomic E-state index is 12.1. The van der Waals surface area contributed by atoms with Crippen LogP contribution < -0.4 is 11.1 Å². The first-order valence-electron chi connectivity index (χ1n) is 6.82. The minimum Gasteiger partial charge on any atom is -0.366 e. The molecular formula is C15H23N3O2. The minimum atomic E-state index is -0.484. The molecule has 0 aliphatic rings. The fourth-order valence-electron chi connectivity index (χ4n) is 2.14. The fraction of sp³-hybridized carbons (Fsp3) is 0.467. The van der Waals surface area contributed by atoms with Gasteiger partial charge in [-0.2, -0.15) is 0 Å². The molecule has 0 aliphatic carbocycles. The van der Waals surface area contributed by atoms with Gasteiger partial charge in [-0.15, -0.1) is 0 Å². The third kappa shape index (κ3) is 3.81. The standard InChI is InChI=1S/C15H23N3O2/c1-5-18(6-2)9-13(19)17-14-10(3)7-8-12(11(14)4)15(16)20/h7-8H,5-6,9H2,1-4H3,(H2,16,20)(H,17,19). The normalized spacial score (nSPS) is 10.7. The maximum atomic E-state index is 12.1. The van der Waals surface area contributed by atoms with Gasteiger partial charge in [-0.25, -0.2) is 0 Å². The highest BCUT2D eigenvalue weighted by Crippen LogP contribution is 2.23. The van der Waals surface area contributed by atoms with E-state index in [4.69, 9.17) is 5.73 Å². The smallest absolute Gasteiger partial charge is 0.249 e. The average Bonchev–Trinajstić information content (AvgIpc) is 2.40. The number of carbonyl (C=O) groups is 2. The molecule has 0 unspecified atom stereocenters. The van der Waals surface area contributed by atoms with Crippen molar-refractivity contribution in [2.45, 2.75) is 27.7 Å². The van der Waals surface area contributed by atoms with E-state index in [-0.39, 0.29) is 5.91 Å². The van der Waals surface area contributed by atoms with Crippen LogP contribution in [-0.2, 0) is 4.79 Å². The zero-order valence-corrected chi connectivity index (χ0v) is 12.6. The SMILES string of the molecule is CCN(CC)CC(=O)Nc1c(C)ccc(C(N)=O)c1C. The number of rotatable bonds is 6. The molecule has 1 aromatic rings. The Morgan fingerprint density at radius 1 is 1.20 bits per heavy atom. The predicted octanol–water partition coefficient (Wildman–Crippen LogP) is 1.68. The topological polar surface area (TPSA) is 75.4 Å². The van der Waals surface area contributed by atoms with Gasteiger partial charge in [0.05, 0.1) is 6.54 Å². The second kappa shape index (κ2) is 7.05. The Hall–Kier alpha value is -1.88. The largest absolute Gasteiger partial charge is 0.366 e. The summed E-state index contributed by atoms with van der Waals surface area (Å²) in [6, 6.07) is 3.48. The van der Waals surface area contributed by atoms with E-state index >= 15 is 0 Å². The monoisotopic (exact) mass is 277 g/mol. The van der Waals surface area contributed by atoms with Gasteiger partial charge < -0.3 is 11.1 Å². The number of anilines is 1. The molecule has 2 amide bonds. The van der Waals surface area contributed by atoms with Gasteiger partial charge in [0.15, 0.2) is 0 Å². The number of carbonyl (C=O) groups excluding carboxylic acids is 2. The third-order valence-corrected chi connectivity index (χ3v) is 3.46. The van der Waals surface area contributed by atoms with Crippen LogP contribution >= 0.6 is 0 Å². The lowest BCUT2D eigenvalue weighted by Gasteiger charge is -2.19. The van der Waals surface area contributed by atoms with Crippen LogP contribution in [0.2, 0.25) is 0 Å². The molecular weight excluding hydrogens is 254 g/mol. The van der Waals surface area contributed by atoms with Gasteiger partial charge in [0.2, 0.25) is 11.8 Å². The Morgan fingerprint density at radius 3 is 2.30 bits per heavy atom. The molecule has 0 atom stereocenters. The molecule has 0 aromatic heterocycles. The van der Waals surface area contributed by atoms with Gasteiger partial charge in [-0.05, 0) is 44.1 Å². The number of hydrogen-bond donors (Lipinski definition) is 2. The Labute approximate surface area is 120 Å². The van der Waals surface area contributed by atoms with Gasteiger partial charge >= 0.3 is 0 Å². The molecule has 0 spiro atoms. The highest BCUT2D eigenvalue weighted by Gasteiger charge is 2.14. The van der Waals surface area contributed by atoms with E-state index in [1.807, 2.05) is 25.7 Å². The van der Waals surface area contributed by atoms with E-state index in [0.29, 0.717) is 23.4 Å². The second-order valence-electron chi connectivity index (χ2n) is 4.80. The number of likely N-dealkylation sites (N-methyl/N-ethyl adjacent to an activating group) is 1. The van der Waals surface area contributed by atoms with Crippen molar-refractivity contribution in [1.82, 2.24) is 4.90 Å². The highest BCUT2D eigenvalue weighted by atomic mass is 16.2. The van der Waals surface area contributed by atoms with Crippen molar-refractivity contribution in [3.05, 3.63) is 28.8 Å². The Balaban J connectivity index is 2.94. The average molecular weight is 277 g/mol. The van der Waals surface area contributed by atoms with Gasteiger partial charge in [0, 0.05) is 11.3 Å². The van der Waals surface area contributed by atoms with E-state index in [2.05, 4.69) is 5.32 Å². The summed E-state index contributed by atoms with van der Waals surface area (Å²) in [4.78, 5) is 25.4. The van der Waals surface area contributed by atoms with Crippen molar-refractivity contribution in [2.24, 2.45) is 5.73 Å². The van der Waals surface area contributed by atoms with Gasteiger partial charge in [-0.1, -0.05) is 19.9 Å². The summed E-state index contributed by atoms with van der Waals surface area (Å²) >= 11 is 0. The van der Waals surface area contributed by atoms with Gasteiger partial charge in [0.25, 0.3) is 0 Å². The molecule has 20 heavy (non-hydrogen) atoms. The first-order valence-corrected chi connectivity index (χ1v) is 6.82. The van der Waals surface area contributed by atoms with Crippen molar-refractivity contribution in [3.63, 3.8) is 0 Å². The van der Waals surface area contributed by atoms with Crippen molar-refractivity contribution in [3.8, 4) is 0 Å². The van der Waals surface area contributed by atoms with Crippen LogP contribution in [0.15, 0.2) is 12.1 Å². The lowest BCUT2D eigenvalue weighted by atomic mass is 10.0. The summed E-state index contributed by atoms with van der Waals surface area (Å²) in [5, 5.41) is 2.88. The summed E-state index contributed by atoms with van der Waals surface area (Å²) in [5.74, 6) is -0.566. The van der Waals surface area contributed by atoms with Gasteiger partial charge in [0.1, 0.15) is 0 Å². The number of nitrogens with zero attached hydrogens (tertiary/aromatic N) is 1. The first-order chi connectivity index (χ1) is 9.40. The minimum absolute atomic E-state index is 0.0819. The summed E-state index contributed by atoms with van der Waals surface area (Å²) in [5.41, 5.74) is 8.08. The lowest BCUT2D eigenvalue weighted by molar-refractivity contribution is -0.117. The number of benzene rings is 1. The van der Waals surface area contributed by atoms with Crippen molar-refractivity contribution < 1.29 is 9.59 Å². The fourth-order valence-corrected chi connectivity index (χ4v) is 2.14. The number of nitrogens with one attached hydrogen (secondary N) is 1. The Bertz CT molecular complexity index is 508. The number of amides is 2. The quantitative estimate of drug-likeness (QED) is 0.830. The molecule has 1 aromatic carbocycles. The molecule has 0 saturated carbocycles. The summed E-state index contributed by atoms with van der Waals surface area (Å²) < 4.78 is 0. The summed E-state index contributed by atoms with van der Waals surface area (Å²) in [6.07, 6.45) is 0. The summed E-state index contributed by atoms with van der Waals surface area (Å²) in [6.45, 7) is 9.70. The highest BCUT2D eigenvalue weighted by molar-refractivity contribution is 5.99. The molecule has 1 rings (SSSR count).